The summed E-state index contributed by atoms with van der Waals surface area (Å²) in [6, 6.07) is 30.4. The van der Waals surface area contributed by atoms with E-state index in [2.05, 4.69) is 6.99 Å². The standard InChI is InChI=1S/2C21H22F2O.2C17H18F2O.2C10H12.2C6F5N.2Mo/c2*1-12-17(22)10-13-6-2-4-8-15(13)19(12)20-16-9-5-3-7-14(16)11-18(23)21(20)24;2*1-8-6-13(18)12(5)15(10(8)3)16-11(4)9(2)7-14(19)17(16)20;2*1-10(2,3)9-7-5-4-6-8-9;2*7-1-2(8)4(10)6(12)5(11)3(1)9;;/h2*10-11,24H,2-9H2,1H3;2*6-7,20H,1-5H3;2*1,4-8H,2-3H3;;;;. The van der Waals surface area contributed by atoms with Gasteiger partial charge in [0.05, 0.1) is 0 Å². The Balaban J connectivity index is 0.000000155. The van der Waals surface area contributed by atoms with Crippen molar-refractivity contribution in [2.75, 3.05) is 0 Å². The van der Waals surface area contributed by atoms with E-state index in [1.54, 1.807) is 76.3 Å². The molecule has 12 aromatic carbocycles. The fourth-order valence-corrected chi connectivity index (χ4v) is 21.2. The number of aryl methyl sites for hydroxylation is 8. The Labute approximate surface area is 785 Å². The molecule has 4 aliphatic rings. The van der Waals surface area contributed by atoms with Gasteiger partial charge in [-0.3, -0.25) is 0 Å². The molecule has 708 valence electrons. The second-order valence-corrected chi connectivity index (χ2v) is 38.6. The van der Waals surface area contributed by atoms with Gasteiger partial charge in [0.15, 0.2) is 46.3 Å². The number of hydrogen-bond donors (Lipinski definition) is 4. The van der Waals surface area contributed by atoms with Crippen molar-refractivity contribution >= 4 is 20.2 Å². The fourth-order valence-electron chi connectivity index (χ4n) is 17.6. The molecule has 4 N–H and O–H groups in total. The summed E-state index contributed by atoms with van der Waals surface area (Å²) in [6.45, 7) is 28.9. The van der Waals surface area contributed by atoms with Crippen molar-refractivity contribution in [1.29, 1.82) is 0 Å². The molecule has 0 saturated carbocycles. The number of phenolic OH excluding ortho intramolecular Hbond substituents is 4. The Kier molecular flexibility index (Phi) is 33.7. The SMILES string of the molecule is CC(C)([CH]=[Mo]=[N]c1c(F)c(F)c(F)c(F)c1F)c1ccccc1.CC(C)([CH]=[Mo]=[N]c1c(F)c(F)c(F)c(F)c1F)c1ccccc1.Cc1c(F)cc2c(c1-c1c(O)c(F)cc3c1CCCC3)CCCC2.Cc1c(F)cc2c(c1-c1c(O)c(F)cc3c1CCCC3)CCCC2.Cc1cc(F)c(C)c(-c2c(C)c(C)cc(F)c2O)c1C.Cc1cc(F)c(C)c(-c2c(C)c(C)cc(F)c2O)c1C. The Morgan fingerprint density at radius 2 is 0.455 bits per heavy atom. The first-order valence-corrected chi connectivity index (χ1v) is 48.0. The molecular weight excluding hydrogens is 1920 g/mol. The van der Waals surface area contributed by atoms with Gasteiger partial charge in [0, 0.05) is 22.3 Å². The van der Waals surface area contributed by atoms with Crippen LogP contribution in [0.5, 0.6) is 23.0 Å². The molecule has 0 radical (unpaired) electrons. The van der Waals surface area contributed by atoms with Gasteiger partial charge in [0.25, 0.3) is 0 Å². The minimum absolute atomic E-state index is 0.251. The van der Waals surface area contributed by atoms with Gasteiger partial charge in [-0.1, -0.05) is 0 Å². The third-order valence-corrected chi connectivity index (χ3v) is 30.7. The van der Waals surface area contributed by atoms with Gasteiger partial charge < -0.3 is 20.4 Å². The molecule has 6 nitrogen and oxygen atoms in total. The van der Waals surface area contributed by atoms with Gasteiger partial charge >= 0.3 is 275 Å². The van der Waals surface area contributed by atoms with Crippen LogP contribution in [-0.2, 0) is 98.0 Å². The van der Waals surface area contributed by atoms with E-state index in [1.165, 1.54) is 36.4 Å². The zero-order chi connectivity index (χ0) is 98.5. The number of fused-ring (bicyclic) bond motifs is 4. The molecule has 12 aromatic rings. The normalized spacial score (nSPS) is 13.1. The molecule has 0 bridgehead atoms. The number of halogens is 18. The minimum atomic E-state index is -2.17. The fraction of sp³-hybridized carbons (Fsp3) is 0.315. The van der Waals surface area contributed by atoms with Crippen LogP contribution in [0.25, 0.3) is 44.5 Å². The summed E-state index contributed by atoms with van der Waals surface area (Å²) in [5.41, 5.74) is 19.9. The molecular formula is C108H104F18Mo2N2O4. The summed E-state index contributed by atoms with van der Waals surface area (Å²) in [5, 5.41) is 41.2. The van der Waals surface area contributed by atoms with Crippen LogP contribution in [0.1, 0.15) is 201 Å². The molecule has 0 amide bonds. The van der Waals surface area contributed by atoms with Crippen LogP contribution in [0.2, 0.25) is 0 Å². The maximum absolute atomic E-state index is 14.5. The van der Waals surface area contributed by atoms with E-state index in [4.69, 9.17) is 0 Å². The van der Waals surface area contributed by atoms with Crippen molar-refractivity contribution < 1.29 is 135 Å². The first-order valence-electron chi connectivity index (χ1n) is 43.9. The van der Waals surface area contributed by atoms with Gasteiger partial charge in [0.2, 0.25) is 0 Å². The van der Waals surface area contributed by atoms with Crippen molar-refractivity contribution in [3.8, 4) is 67.5 Å². The van der Waals surface area contributed by atoms with Gasteiger partial charge in [-0.15, -0.1) is 0 Å². The largest absolute Gasteiger partial charge is 0.504 e. The number of benzene rings is 12. The second-order valence-electron chi connectivity index (χ2n) is 35.5. The quantitative estimate of drug-likeness (QED) is 0.0474. The summed E-state index contributed by atoms with van der Waals surface area (Å²) in [6.07, 6.45) is 15.1. The van der Waals surface area contributed by atoms with Gasteiger partial charge in [-0.25, -0.2) is 35.1 Å². The van der Waals surface area contributed by atoms with Crippen molar-refractivity contribution in [1.82, 2.24) is 0 Å². The molecule has 0 aromatic heterocycles. The summed E-state index contributed by atoms with van der Waals surface area (Å²) < 4.78 is 257. The predicted octanol–water partition coefficient (Wildman–Crippen LogP) is 30.7. The van der Waals surface area contributed by atoms with Crippen LogP contribution >= 0.6 is 0 Å². The molecule has 0 heterocycles. The van der Waals surface area contributed by atoms with E-state index in [1.807, 2.05) is 116 Å². The van der Waals surface area contributed by atoms with Gasteiger partial charge in [-0.05, 0) is 368 Å². The van der Waals surface area contributed by atoms with Crippen LogP contribution in [0, 0.1) is 188 Å². The molecule has 134 heavy (non-hydrogen) atoms. The van der Waals surface area contributed by atoms with E-state index in [0.717, 1.165) is 214 Å². The topological polar surface area (TPSA) is 106 Å². The molecule has 16 rings (SSSR count). The first kappa shape index (κ1) is 104. The van der Waals surface area contributed by atoms with E-state index in [0.29, 0.717) is 55.6 Å². The number of aromatic hydroxyl groups is 4. The van der Waals surface area contributed by atoms with Crippen LogP contribution in [-0.4, -0.2) is 29.2 Å². The zero-order valence-corrected chi connectivity index (χ0v) is 81.2. The molecule has 0 atom stereocenters. The third kappa shape index (κ3) is 21.9. The molecule has 0 spiro atoms. The van der Waals surface area contributed by atoms with Crippen LogP contribution in [0.3, 0.4) is 0 Å². The minimum Gasteiger partial charge on any atom is -0.504 e. The first-order chi connectivity index (χ1) is 63.2. The summed E-state index contributed by atoms with van der Waals surface area (Å²) >= 11 is -2.94. The maximum Gasteiger partial charge on any atom is 0.165 e. The van der Waals surface area contributed by atoms with Gasteiger partial charge in [-0.2, -0.15) is 0 Å². The summed E-state index contributed by atoms with van der Waals surface area (Å²) in [7, 11) is 0. The van der Waals surface area contributed by atoms with Crippen molar-refractivity contribution in [3.05, 3.63) is 336 Å². The summed E-state index contributed by atoms with van der Waals surface area (Å²) in [5.74, 6) is -25.0. The molecule has 4 aliphatic carbocycles. The van der Waals surface area contributed by atoms with Crippen LogP contribution in [0.15, 0.2) is 116 Å². The van der Waals surface area contributed by atoms with Gasteiger partial charge in [0.1, 0.15) is 23.3 Å². The number of phenols is 4. The van der Waals surface area contributed by atoms with Crippen LogP contribution in [0.4, 0.5) is 90.4 Å². The third-order valence-electron chi connectivity index (χ3n) is 25.9. The van der Waals surface area contributed by atoms with Crippen molar-refractivity contribution in [2.24, 2.45) is 6.99 Å². The van der Waals surface area contributed by atoms with E-state index < -0.39 is 151 Å². The number of nitrogens with zero attached hydrogens (tertiary/aromatic N) is 2. The second kappa shape index (κ2) is 43.5. The van der Waals surface area contributed by atoms with E-state index >= 15 is 0 Å². The predicted molar refractivity (Wildman–Crippen MR) is 485 cm³/mol. The monoisotopic (exact) mass is 2030 g/mol. The zero-order valence-electron chi connectivity index (χ0n) is 77.2. The van der Waals surface area contributed by atoms with Crippen LogP contribution < -0.4 is 0 Å². The average molecular weight is 2030 g/mol. The number of rotatable bonds is 10. The molecule has 0 fully saturated rings. The Morgan fingerprint density at radius 3 is 0.739 bits per heavy atom. The maximum atomic E-state index is 14.5. The Bertz CT molecular complexity index is 5890. The number of hydrogen-bond acceptors (Lipinski definition) is 6. The average Bonchev–Trinajstić information content (AvgIpc) is 0.747. The smallest absolute Gasteiger partial charge is 0.165 e. The van der Waals surface area contributed by atoms with Crippen molar-refractivity contribution in [2.45, 2.75) is 224 Å². The van der Waals surface area contributed by atoms with E-state index in [9.17, 15) is 99.5 Å². The molecule has 0 unspecified atom stereocenters. The molecule has 26 heteroatoms. The Morgan fingerprint density at radius 1 is 0.246 bits per heavy atom. The molecule has 0 saturated heterocycles. The summed E-state index contributed by atoms with van der Waals surface area (Å²) in [4.78, 5) is 0. The van der Waals surface area contributed by atoms with E-state index in [-0.39, 0.29) is 34.8 Å². The Hall–Kier alpha value is -10.7. The van der Waals surface area contributed by atoms with Crippen molar-refractivity contribution in [3.63, 3.8) is 0 Å². The molecule has 0 aliphatic heterocycles.